The number of ether oxygens (including phenoxy) is 1. The van der Waals surface area contributed by atoms with E-state index in [1.807, 2.05) is 18.2 Å². The van der Waals surface area contributed by atoms with Crippen molar-refractivity contribution >= 4 is 21.9 Å². The van der Waals surface area contributed by atoms with Crippen molar-refractivity contribution in [3.8, 4) is 5.75 Å². The molecule has 0 atom stereocenters. The van der Waals surface area contributed by atoms with Gasteiger partial charge in [-0.1, -0.05) is 11.3 Å². The van der Waals surface area contributed by atoms with Gasteiger partial charge in [0.2, 0.25) is 0 Å². The maximum atomic E-state index is 10.6. The minimum absolute atomic E-state index is 0.119. The molecule has 7 heteroatoms. The summed E-state index contributed by atoms with van der Waals surface area (Å²) in [5, 5.41) is 16.4. The SMILES string of the molecule is COc1ccc(Cn2cc(CC(=O)O)nn2)cc1Br. The number of hydrogen-bond donors (Lipinski definition) is 1. The third kappa shape index (κ3) is 3.54. The molecule has 0 aliphatic rings. The fraction of sp³-hybridized carbons (Fsp3) is 0.250. The first kappa shape index (κ1) is 13.5. The van der Waals surface area contributed by atoms with Gasteiger partial charge in [-0.15, -0.1) is 5.10 Å². The lowest BCUT2D eigenvalue weighted by Crippen LogP contribution is -2.01. The van der Waals surface area contributed by atoms with Crippen molar-refractivity contribution in [2.75, 3.05) is 7.11 Å². The molecule has 0 saturated heterocycles. The number of carbonyl (C=O) groups is 1. The second-order valence-electron chi connectivity index (χ2n) is 3.95. The van der Waals surface area contributed by atoms with Crippen molar-refractivity contribution in [2.24, 2.45) is 0 Å². The quantitative estimate of drug-likeness (QED) is 0.905. The maximum Gasteiger partial charge on any atom is 0.309 e. The molecule has 0 radical (unpaired) electrons. The molecule has 0 aliphatic heterocycles. The van der Waals surface area contributed by atoms with Crippen LogP contribution in [0.4, 0.5) is 0 Å². The molecule has 0 fully saturated rings. The Kier molecular flexibility index (Phi) is 4.16. The molecule has 1 heterocycles. The molecule has 2 aromatic rings. The largest absolute Gasteiger partial charge is 0.496 e. The zero-order valence-electron chi connectivity index (χ0n) is 10.2. The first-order chi connectivity index (χ1) is 9.08. The number of carboxylic acid groups (broad SMARTS) is 1. The molecule has 2 rings (SSSR count). The molecule has 19 heavy (non-hydrogen) atoms. The van der Waals surface area contributed by atoms with Gasteiger partial charge in [0.1, 0.15) is 5.75 Å². The van der Waals surface area contributed by atoms with E-state index < -0.39 is 5.97 Å². The highest BCUT2D eigenvalue weighted by Gasteiger charge is 2.07. The third-order valence-electron chi connectivity index (χ3n) is 2.48. The van der Waals surface area contributed by atoms with E-state index in [1.165, 1.54) is 0 Å². The second-order valence-corrected chi connectivity index (χ2v) is 4.80. The van der Waals surface area contributed by atoms with E-state index in [2.05, 4.69) is 26.2 Å². The molecule has 1 N–H and O–H groups in total. The Morgan fingerprint density at radius 1 is 1.53 bits per heavy atom. The fourth-order valence-corrected chi connectivity index (χ4v) is 2.24. The van der Waals surface area contributed by atoms with Crippen LogP contribution in [0.1, 0.15) is 11.3 Å². The Morgan fingerprint density at radius 3 is 2.95 bits per heavy atom. The second kappa shape index (κ2) is 5.83. The standard InChI is InChI=1S/C12H12BrN3O3/c1-19-11-3-2-8(4-10(11)13)6-16-7-9(14-15-16)5-12(17)18/h2-4,7H,5-6H2,1H3,(H,17,18). The molecular formula is C12H12BrN3O3. The number of hydrogen-bond acceptors (Lipinski definition) is 4. The van der Waals surface area contributed by atoms with Gasteiger partial charge < -0.3 is 9.84 Å². The summed E-state index contributed by atoms with van der Waals surface area (Å²) < 4.78 is 7.61. The van der Waals surface area contributed by atoms with E-state index >= 15 is 0 Å². The smallest absolute Gasteiger partial charge is 0.309 e. The third-order valence-corrected chi connectivity index (χ3v) is 3.10. The molecule has 0 amide bonds. The minimum Gasteiger partial charge on any atom is -0.496 e. The van der Waals surface area contributed by atoms with E-state index in [1.54, 1.807) is 18.0 Å². The molecule has 0 spiro atoms. The summed E-state index contributed by atoms with van der Waals surface area (Å²) in [5.41, 5.74) is 1.46. The molecular weight excluding hydrogens is 314 g/mol. The van der Waals surface area contributed by atoms with Crippen molar-refractivity contribution in [2.45, 2.75) is 13.0 Å². The first-order valence-electron chi connectivity index (χ1n) is 5.51. The number of aliphatic carboxylic acids is 1. The van der Waals surface area contributed by atoms with E-state index in [-0.39, 0.29) is 6.42 Å². The minimum atomic E-state index is -0.917. The predicted molar refractivity (Wildman–Crippen MR) is 71.2 cm³/mol. The van der Waals surface area contributed by atoms with Gasteiger partial charge in [-0.2, -0.15) is 0 Å². The molecule has 0 saturated carbocycles. The van der Waals surface area contributed by atoms with Gasteiger partial charge in [0.05, 0.1) is 30.2 Å². The average molecular weight is 326 g/mol. The van der Waals surface area contributed by atoms with E-state index in [0.29, 0.717) is 12.2 Å². The normalized spacial score (nSPS) is 10.4. The Balaban J connectivity index is 2.10. The van der Waals surface area contributed by atoms with Crippen LogP contribution in [-0.2, 0) is 17.8 Å². The number of rotatable bonds is 5. The molecule has 1 aromatic carbocycles. The summed E-state index contributed by atoms with van der Waals surface area (Å²) in [6, 6.07) is 5.70. The van der Waals surface area contributed by atoms with Gasteiger partial charge >= 0.3 is 5.97 Å². The zero-order chi connectivity index (χ0) is 13.8. The maximum absolute atomic E-state index is 10.6. The monoisotopic (exact) mass is 325 g/mol. The van der Waals surface area contributed by atoms with Gasteiger partial charge in [0.25, 0.3) is 0 Å². The number of methoxy groups -OCH3 is 1. The van der Waals surface area contributed by atoms with Crippen LogP contribution in [0.15, 0.2) is 28.9 Å². The van der Waals surface area contributed by atoms with Crippen molar-refractivity contribution in [1.29, 1.82) is 0 Å². The van der Waals surface area contributed by atoms with Gasteiger partial charge in [-0.25, -0.2) is 4.68 Å². The molecule has 0 unspecified atom stereocenters. The number of nitrogens with zero attached hydrogens (tertiary/aromatic N) is 3. The van der Waals surface area contributed by atoms with Gasteiger partial charge in [-0.05, 0) is 33.6 Å². The highest BCUT2D eigenvalue weighted by Crippen LogP contribution is 2.25. The topological polar surface area (TPSA) is 77.2 Å². The van der Waals surface area contributed by atoms with Crippen LogP contribution >= 0.6 is 15.9 Å². The van der Waals surface area contributed by atoms with Crippen LogP contribution < -0.4 is 4.74 Å². The number of halogens is 1. The lowest BCUT2D eigenvalue weighted by molar-refractivity contribution is -0.136. The van der Waals surface area contributed by atoms with Crippen LogP contribution in [0.2, 0.25) is 0 Å². The van der Waals surface area contributed by atoms with Crippen LogP contribution in [-0.4, -0.2) is 33.2 Å². The molecule has 6 nitrogen and oxygen atoms in total. The molecule has 100 valence electrons. The Morgan fingerprint density at radius 2 is 2.32 bits per heavy atom. The highest BCUT2D eigenvalue weighted by molar-refractivity contribution is 9.10. The lowest BCUT2D eigenvalue weighted by atomic mass is 10.2. The number of carboxylic acids is 1. The number of aromatic nitrogens is 3. The summed E-state index contributed by atoms with van der Waals surface area (Å²) in [7, 11) is 1.61. The Bertz CT molecular complexity index is 598. The summed E-state index contributed by atoms with van der Waals surface area (Å²) in [4.78, 5) is 10.6. The summed E-state index contributed by atoms with van der Waals surface area (Å²) in [5.74, 6) is -0.159. The van der Waals surface area contributed by atoms with Crippen LogP contribution in [0, 0.1) is 0 Å². The zero-order valence-corrected chi connectivity index (χ0v) is 11.8. The first-order valence-corrected chi connectivity index (χ1v) is 6.31. The fourth-order valence-electron chi connectivity index (χ4n) is 1.65. The summed E-state index contributed by atoms with van der Waals surface area (Å²) >= 11 is 3.41. The van der Waals surface area contributed by atoms with Crippen molar-refractivity contribution in [3.05, 3.63) is 40.1 Å². The Hall–Kier alpha value is -1.89. The molecule has 1 aromatic heterocycles. The number of benzene rings is 1. The van der Waals surface area contributed by atoms with Crippen LogP contribution in [0.5, 0.6) is 5.75 Å². The van der Waals surface area contributed by atoms with Gasteiger partial charge in [0, 0.05) is 6.20 Å². The van der Waals surface area contributed by atoms with E-state index in [0.717, 1.165) is 15.8 Å². The highest BCUT2D eigenvalue weighted by atomic mass is 79.9. The Labute approximate surface area is 118 Å². The van der Waals surface area contributed by atoms with Crippen molar-refractivity contribution in [1.82, 2.24) is 15.0 Å². The summed E-state index contributed by atoms with van der Waals surface area (Å²) in [6.07, 6.45) is 1.51. The van der Waals surface area contributed by atoms with Crippen LogP contribution in [0.25, 0.3) is 0 Å². The van der Waals surface area contributed by atoms with Gasteiger partial charge in [0.15, 0.2) is 0 Å². The van der Waals surface area contributed by atoms with Crippen molar-refractivity contribution < 1.29 is 14.6 Å². The predicted octanol–water partition coefficient (Wildman–Crippen LogP) is 1.72. The van der Waals surface area contributed by atoms with Crippen molar-refractivity contribution in [3.63, 3.8) is 0 Å². The lowest BCUT2D eigenvalue weighted by Gasteiger charge is -2.06. The van der Waals surface area contributed by atoms with Gasteiger partial charge in [-0.3, -0.25) is 4.79 Å². The van der Waals surface area contributed by atoms with E-state index in [9.17, 15) is 4.79 Å². The average Bonchev–Trinajstić information content (AvgIpc) is 2.76. The van der Waals surface area contributed by atoms with Crippen LogP contribution in [0.3, 0.4) is 0 Å². The molecule has 0 bridgehead atoms. The summed E-state index contributed by atoms with van der Waals surface area (Å²) in [6.45, 7) is 0.523. The molecule has 0 aliphatic carbocycles. The van der Waals surface area contributed by atoms with E-state index in [4.69, 9.17) is 9.84 Å².